The fourth-order valence-electron chi connectivity index (χ4n) is 1.79. The first-order chi connectivity index (χ1) is 10.0. The number of hydrogen-bond acceptors (Lipinski definition) is 6. The van der Waals surface area contributed by atoms with Crippen LogP contribution in [-0.2, 0) is 4.79 Å². The average molecular weight is 296 g/mol. The molecule has 0 heterocycles. The molecule has 1 unspecified atom stereocenters. The van der Waals surface area contributed by atoms with Gasteiger partial charge in [0.15, 0.2) is 11.5 Å². The predicted molar refractivity (Wildman–Crippen MR) is 72.7 cm³/mol. The lowest BCUT2D eigenvalue weighted by Crippen LogP contribution is -2.42. The second-order valence-corrected chi connectivity index (χ2v) is 4.74. The first kappa shape index (κ1) is 15.0. The molecule has 1 fully saturated rings. The van der Waals surface area contributed by atoms with Gasteiger partial charge in [0.25, 0.3) is 5.69 Å². The van der Waals surface area contributed by atoms with Crippen LogP contribution in [0.4, 0.5) is 5.69 Å². The van der Waals surface area contributed by atoms with E-state index in [1.54, 1.807) is 0 Å². The number of nitrogens with one attached hydrogen (secondary N) is 1. The van der Waals surface area contributed by atoms with Gasteiger partial charge in [0, 0.05) is 12.1 Å². The number of nitro benzene ring substituents is 1. The lowest BCUT2D eigenvalue weighted by molar-refractivity contribution is -0.385. The Labute approximate surface area is 120 Å². The zero-order chi connectivity index (χ0) is 15.4. The van der Waals surface area contributed by atoms with E-state index in [9.17, 15) is 14.9 Å². The molecule has 8 heteroatoms. The number of hydrogen-bond donors (Lipinski definition) is 2. The van der Waals surface area contributed by atoms with E-state index in [2.05, 4.69) is 5.32 Å². The van der Waals surface area contributed by atoms with Crippen LogP contribution >= 0.6 is 0 Å². The van der Waals surface area contributed by atoms with Crippen molar-refractivity contribution in [3.05, 3.63) is 28.3 Å². The van der Waals surface area contributed by atoms with Crippen molar-refractivity contribution in [3.63, 3.8) is 0 Å². The summed E-state index contributed by atoms with van der Waals surface area (Å²) in [4.78, 5) is 21.3. The largest absolute Gasteiger partial charge is 0.493 e. The summed E-state index contributed by atoms with van der Waals surface area (Å²) in [7, 11) is 1.36. The van der Waals surface area contributed by atoms with Crippen LogP contribution < -0.4 is 14.8 Å². The summed E-state index contributed by atoms with van der Waals surface area (Å²) >= 11 is 0. The highest BCUT2D eigenvalue weighted by Crippen LogP contribution is 2.31. The molecule has 0 aromatic heterocycles. The van der Waals surface area contributed by atoms with Crippen molar-refractivity contribution in [2.24, 2.45) is 0 Å². The number of methoxy groups -OCH3 is 1. The molecule has 1 atom stereocenters. The van der Waals surface area contributed by atoms with Gasteiger partial charge in [-0.1, -0.05) is 0 Å². The molecule has 1 aromatic rings. The van der Waals surface area contributed by atoms with Gasteiger partial charge in [-0.05, 0) is 18.9 Å². The van der Waals surface area contributed by atoms with Gasteiger partial charge in [-0.15, -0.1) is 0 Å². The van der Waals surface area contributed by atoms with E-state index >= 15 is 0 Å². The van der Waals surface area contributed by atoms with Crippen molar-refractivity contribution in [2.75, 3.05) is 13.7 Å². The maximum absolute atomic E-state index is 11.1. The van der Waals surface area contributed by atoms with E-state index in [4.69, 9.17) is 14.6 Å². The van der Waals surface area contributed by atoms with Crippen molar-refractivity contribution < 1.29 is 24.3 Å². The summed E-state index contributed by atoms with van der Waals surface area (Å²) < 4.78 is 10.4. The topological polar surface area (TPSA) is 111 Å². The molecule has 114 valence electrons. The van der Waals surface area contributed by atoms with Gasteiger partial charge in [0.1, 0.15) is 12.6 Å². The Hall–Kier alpha value is -2.35. The molecule has 2 rings (SSSR count). The van der Waals surface area contributed by atoms with Crippen LogP contribution in [0, 0.1) is 10.1 Å². The number of carboxylic acid groups (broad SMARTS) is 1. The second kappa shape index (κ2) is 6.40. The van der Waals surface area contributed by atoms with E-state index in [0.717, 1.165) is 12.8 Å². The normalized spacial score (nSPS) is 15.3. The number of aliphatic carboxylic acids is 1. The summed E-state index contributed by atoms with van der Waals surface area (Å²) in [6, 6.07) is 3.32. The average Bonchev–Trinajstić information content (AvgIpc) is 3.26. The third kappa shape index (κ3) is 4.06. The molecule has 0 radical (unpaired) electrons. The molecule has 2 N–H and O–H groups in total. The maximum Gasteiger partial charge on any atom is 0.324 e. The predicted octanol–water partition coefficient (Wildman–Crippen LogP) is 1.19. The second-order valence-electron chi connectivity index (χ2n) is 4.74. The molecule has 0 bridgehead atoms. The number of carboxylic acids is 1. The Morgan fingerprint density at radius 2 is 2.24 bits per heavy atom. The van der Waals surface area contributed by atoms with Crippen LogP contribution in [0.1, 0.15) is 12.8 Å². The monoisotopic (exact) mass is 296 g/mol. The number of rotatable bonds is 8. The van der Waals surface area contributed by atoms with Crippen molar-refractivity contribution in [3.8, 4) is 11.5 Å². The molecule has 1 saturated carbocycles. The summed E-state index contributed by atoms with van der Waals surface area (Å²) in [5.41, 5.74) is -0.120. The molecular weight excluding hydrogens is 280 g/mol. The zero-order valence-electron chi connectivity index (χ0n) is 11.4. The highest BCUT2D eigenvalue weighted by Gasteiger charge is 2.29. The van der Waals surface area contributed by atoms with Crippen molar-refractivity contribution in [1.82, 2.24) is 5.32 Å². The van der Waals surface area contributed by atoms with Crippen LogP contribution in [0.2, 0.25) is 0 Å². The summed E-state index contributed by atoms with van der Waals surface area (Å²) in [5, 5.41) is 22.7. The number of nitrogens with zero attached hydrogens (tertiary/aromatic N) is 1. The molecule has 0 amide bonds. The van der Waals surface area contributed by atoms with E-state index < -0.39 is 16.9 Å². The van der Waals surface area contributed by atoms with Crippen LogP contribution in [0.3, 0.4) is 0 Å². The van der Waals surface area contributed by atoms with Gasteiger partial charge < -0.3 is 14.6 Å². The SMILES string of the molecule is COc1cc([N+](=O)[O-])ccc1OCC(NC1CC1)C(=O)O. The van der Waals surface area contributed by atoms with Crippen molar-refractivity contribution in [1.29, 1.82) is 0 Å². The minimum atomic E-state index is -0.997. The van der Waals surface area contributed by atoms with E-state index in [1.807, 2.05) is 0 Å². The third-order valence-electron chi connectivity index (χ3n) is 3.08. The molecule has 8 nitrogen and oxygen atoms in total. The minimum absolute atomic E-state index is 0.0833. The Balaban J connectivity index is 2.03. The van der Waals surface area contributed by atoms with Crippen molar-refractivity contribution >= 4 is 11.7 Å². The lowest BCUT2D eigenvalue weighted by atomic mass is 10.2. The van der Waals surface area contributed by atoms with E-state index in [1.165, 1.54) is 25.3 Å². The molecule has 0 saturated heterocycles. The fraction of sp³-hybridized carbons (Fsp3) is 0.462. The quantitative estimate of drug-likeness (QED) is 0.547. The Morgan fingerprint density at radius 3 is 2.76 bits per heavy atom. The molecule has 1 aromatic carbocycles. The molecule has 1 aliphatic rings. The summed E-state index contributed by atoms with van der Waals surface area (Å²) in [6.45, 7) is -0.0833. The number of nitro groups is 1. The minimum Gasteiger partial charge on any atom is -0.493 e. The van der Waals surface area contributed by atoms with Crippen LogP contribution in [-0.4, -0.2) is 41.8 Å². The standard InChI is InChI=1S/C13H16N2O6/c1-20-12-6-9(15(18)19)4-5-11(12)21-7-10(13(16)17)14-8-2-3-8/h4-6,8,10,14H,2-3,7H2,1H3,(H,16,17). The first-order valence-corrected chi connectivity index (χ1v) is 6.45. The molecule has 1 aliphatic carbocycles. The summed E-state index contributed by atoms with van der Waals surface area (Å²) in [6.07, 6.45) is 1.93. The van der Waals surface area contributed by atoms with Gasteiger partial charge in [-0.3, -0.25) is 20.2 Å². The fourth-order valence-corrected chi connectivity index (χ4v) is 1.79. The molecule has 21 heavy (non-hydrogen) atoms. The van der Waals surface area contributed by atoms with Crippen molar-refractivity contribution in [2.45, 2.75) is 24.9 Å². The number of non-ortho nitro benzene ring substituents is 1. The summed E-state index contributed by atoms with van der Waals surface area (Å²) in [5.74, 6) is -0.533. The van der Waals surface area contributed by atoms with E-state index in [0.29, 0.717) is 0 Å². The number of carbonyl (C=O) groups is 1. The molecular formula is C13H16N2O6. The number of ether oxygens (including phenoxy) is 2. The smallest absolute Gasteiger partial charge is 0.324 e. The van der Waals surface area contributed by atoms with Crippen LogP contribution in [0.15, 0.2) is 18.2 Å². The zero-order valence-corrected chi connectivity index (χ0v) is 11.4. The van der Waals surface area contributed by atoms with Gasteiger partial charge >= 0.3 is 5.97 Å². The molecule has 0 aliphatic heterocycles. The highest BCUT2D eigenvalue weighted by molar-refractivity contribution is 5.73. The van der Waals surface area contributed by atoms with Gasteiger partial charge in [0.05, 0.1) is 18.1 Å². The number of benzene rings is 1. The first-order valence-electron chi connectivity index (χ1n) is 6.45. The lowest BCUT2D eigenvalue weighted by Gasteiger charge is -2.16. The maximum atomic E-state index is 11.1. The van der Waals surface area contributed by atoms with Gasteiger partial charge in [-0.2, -0.15) is 0 Å². The Bertz CT molecular complexity index is 543. The van der Waals surface area contributed by atoms with Gasteiger partial charge in [0.2, 0.25) is 0 Å². The van der Waals surface area contributed by atoms with Gasteiger partial charge in [-0.25, -0.2) is 0 Å². The Morgan fingerprint density at radius 1 is 1.52 bits per heavy atom. The third-order valence-corrected chi connectivity index (χ3v) is 3.08. The van der Waals surface area contributed by atoms with Crippen LogP contribution in [0.25, 0.3) is 0 Å². The highest BCUT2D eigenvalue weighted by atomic mass is 16.6. The van der Waals surface area contributed by atoms with E-state index in [-0.39, 0.29) is 29.8 Å². The Kier molecular flexibility index (Phi) is 4.59. The molecule has 0 spiro atoms. The van der Waals surface area contributed by atoms with Crippen LogP contribution in [0.5, 0.6) is 11.5 Å².